The first kappa shape index (κ1) is 10.6. The van der Waals surface area contributed by atoms with Crippen LogP contribution in [0, 0.1) is 5.92 Å². The lowest BCUT2D eigenvalue weighted by Crippen LogP contribution is -2.22. The maximum absolute atomic E-state index is 5.37. The third-order valence-corrected chi connectivity index (χ3v) is 3.41. The second kappa shape index (κ2) is 4.75. The Kier molecular flexibility index (Phi) is 2.96. The zero-order valence-electron chi connectivity index (χ0n) is 9.78. The molecule has 0 aliphatic carbocycles. The van der Waals surface area contributed by atoms with Gasteiger partial charge in [-0.15, -0.1) is 0 Å². The van der Waals surface area contributed by atoms with Crippen LogP contribution in [0.1, 0.15) is 12.8 Å². The van der Waals surface area contributed by atoms with Crippen LogP contribution in [0.5, 0.6) is 0 Å². The predicted molar refractivity (Wildman–Crippen MR) is 68.1 cm³/mol. The second-order valence-electron chi connectivity index (χ2n) is 4.57. The van der Waals surface area contributed by atoms with E-state index in [0.29, 0.717) is 0 Å². The Hall–Kier alpha value is -1.55. The lowest BCUT2D eigenvalue weighted by atomic mass is 10.0. The van der Waals surface area contributed by atoms with E-state index in [0.717, 1.165) is 44.0 Å². The van der Waals surface area contributed by atoms with Gasteiger partial charge in [0.2, 0.25) is 0 Å². The SMILES string of the molecule is c1cc(NCC2CCOCC2)c2cn[nH]c2c1. The Balaban J connectivity index is 1.69. The minimum atomic E-state index is 0.728. The summed E-state index contributed by atoms with van der Waals surface area (Å²) in [5.74, 6) is 0.728. The lowest BCUT2D eigenvalue weighted by molar-refractivity contribution is 0.0699. The molecule has 0 saturated carbocycles. The molecular formula is C13H17N3O. The molecule has 2 aromatic rings. The van der Waals surface area contributed by atoms with Crippen LogP contribution < -0.4 is 5.32 Å². The molecule has 2 heterocycles. The fourth-order valence-electron chi connectivity index (χ4n) is 2.33. The number of nitrogens with one attached hydrogen (secondary N) is 2. The van der Waals surface area contributed by atoms with Gasteiger partial charge in [0.1, 0.15) is 0 Å². The number of anilines is 1. The van der Waals surface area contributed by atoms with Gasteiger partial charge < -0.3 is 10.1 Å². The quantitative estimate of drug-likeness (QED) is 0.852. The summed E-state index contributed by atoms with van der Waals surface area (Å²) >= 11 is 0. The van der Waals surface area contributed by atoms with Gasteiger partial charge in [0.25, 0.3) is 0 Å². The van der Waals surface area contributed by atoms with Crippen molar-refractivity contribution in [2.24, 2.45) is 5.92 Å². The second-order valence-corrected chi connectivity index (χ2v) is 4.57. The Morgan fingerprint density at radius 3 is 3.12 bits per heavy atom. The van der Waals surface area contributed by atoms with E-state index in [-0.39, 0.29) is 0 Å². The summed E-state index contributed by atoms with van der Waals surface area (Å²) in [6, 6.07) is 6.20. The van der Waals surface area contributed by atoms with Crippen molar-refractivity contribution in [3.05, 3.63) is 24.4 Å². The highest BCUT2D eigenvalue weighted by Crippen LogP contribution is 2.22. The van der Waals surface area contributed by atoms with E-state index < -0.39 is 0 Å². The van der Waals surface area contributed by atoms with Gasteiger partial charge >= 0.3 is 0 Å². The molecule has 1 fully saturated rings. The molecule has 1 saturated heterocycles. The molecule has 17 heavy (non-hydrogen) atoms. The molecule has 0 atom stereocenters. The van der Waals surface area contributed by atoms with Crippen molar-refractivity contribution in [2.45, 2.75) is 12.8 Å². The Bertz CT molecular complexity index is 488. The number of hydrogen-bond acceptors (Lipinski definition) is 3. The van der Waals surface area contributed by atoms with E-state index in [1.54, 1.807) is 0 Å². The summed E-state index contributed by atoms with van der Waals surface area (Å²) < 4.78 is 5.37. The van der Waals surface area contributed by atoms with Crippen LogP contribution in [0.25, 0.3) is 10.9 Å². The Morgan fingerprint density at radius 1 is 1.35 bits per heavy atom. The normalized spacial score (nSPS) is 17.4. The number of aromatic amines is 1. The number of H-pyrrole nitrogens is 1. The van der Waals surface area contributed by atoms with E-state index >= 15 is 0 Å². The number of hydrogen-bond donors (Lipinski definition) is 2. The molecule has 0 spiro atoms. The minimum absolute atomic E-state index is 0.728. The third kappa shape index (κ3) is 2.26. The van der Waals surface area contributed by atoms with Crippen molar-refractivity contribution in [3.8, 4) is 0 Å². The van der Waals surface area contributed by atoms with Crippen molar-refractivity contribution in [2.75, 3.05) is 25.1 Å². The largest absolute Gasteiger partial charge is 0.384 e. The van der Waals surface area contributed by atoms with Crippen LogP contribution in [0.15, 0.2) is 24.4 Å². The molecular weight excluding hydrogens is 214 g/mol. The standard InChI is InChI=1S/C13H17N3O/c1-2-12(11-9-15-16-13(11)3-1)14-8-10-4-6-17-7-5-10/h1-3,9-10,14H,4-8H2,(H,15,16). The molecule has 1 aromatic carbocycles. The Labute approximate surface area is 100 Å². The van der Waals surface area contributed by atoms with Crippen LogP contribution in [-0.4, -0.2) is 30.0 Å². The molecule has 1 aromatic heterocycles. The number of benzene rings is 1. The van der Waals surface area contributed by atoms with Crippen molar-refractivity contribution in [1.29, 1.82) is 0 Å². The van der Waals surface area contributed by atoms with E-state index in [1.807, 2.05) is 18.3 Å². The average molecular weight is 231 g/mol. The number of nitrogens with zero attached hydrogens (tertiary/aromatic N) is 1. The fraction of sp³-hybridized carbons (Fsp3) is 0.462. The van der Waals surface area contributed by atoms with Crippen LogP contribution in [0.3, 0.4) is 0 Å². The molecule has 0 radical (unpaired) electrons. The van der Waals surface area contributed by atoms with Gasteiger partial charge in [-0.1, -0.05) is 6.07 Å². The first-order valence-corrected chi connectivity index (χ1v) is 6.17. The van der Waals surface area contributed by atoms with Crippen molar-refractivity contribution >= 4 is 16.6 Å². The first-order valence-electron chi connectivity index (χ1n) is 6.17. The lowest BCUT2D eigenvalue weighted by Gasteiger charge is -2.22. The van der Waals surface area contributed by atoms with Gasteiger partial charge in [-0.05, 0) is 30.9 Å². The minimum Gasteiger partial charge on any atom is -0.384 e. The summed E-state index contributed by atoms with van der Waals surface area (Å²) in [4.78, 5) is 0. The van der Waals surface area contributed by atoms with E-state index in [4.69, 9.17) is 4.74 Å². The van der Waals surface area contributed by atoms with Gasteiger partial charge in [0, 0.05) is 30.8 Å². The maximum atomic E-state index is 5.37. The first-order chi connectivity index (χ1) is 8.43. The number of aromatic nitrogens is 2. The zero-order valence-corrected chi connectivity index (χ0v) is 9.78. The molecule has 0 bridgehead atoms. The highest BCUT2D eigenvalue weighted by atomic mass is 16.5. The average Bonchev–Trinajstić information content (AvgIpc) is 2.86. The summed E-state index contributed by atoms with van der Waals surface area (Å²) in [7, 11) is 0. The van der Waals surface area contributed by atoms with E-state index in [1.165, 1.54) is 11.1 Å². The Morgan fingerprint density at radius 2 is 2.24 bits per heavy atom. The molecule has 90 valence electrons. The number of ether oxygens (including phenoxy) is 1. The van der Waals surface area contributed by atoms with Gasteiger partial charge in [0.15, 0.2) is 0 Å². The summed E-state index contributed by atoms with van der Waals surface area (Å²) in [5, 5.41) is 11.8. The summed E-state index contributed by atoms with van der Waals surface area (Å²) in [5.41, 5.74) is 2.25. The van der Waals surface area contributed by atoms with Crippen molar-refractivity contribution < 1.29 is 4.74 Å². The van der Waals surface area contributed by atoms with E-state index in [9.17, 15) is 0 Å². The molecule has 4 nitrogen and oxygen atoms in total. The van der Waals surface area contributed by atoms with Crippen LogP contribution in [0.4, 0.5) is 5.69 Å². The molecule has 3 rings (SSSR count). The molecule has 4 heteroatoms. The molecule has 2 N–H and O–H groups in total. The zero-order chi connectivity index (χ0) is 11.5. The van der Waals surface area contributed by atoms with E-state index in [2.05, 4.69) is 21.6 Å². The maximum Gasteiger partial charge on any atom is 0.0671 e. The summed E-state index contributed by atoms with van der Waals surface area (Å²) in [6.07, 6.45) is 4.20. The van der Waals surface area contributed by atoms with Gasteiger partial charge in [-0.2, -0.15) is 5.10 Å². The van der Waals surface area contributed by atoms with Gasteiger partial charge in [-0.25, -0.2) is 0 Å². The fourth-order valence-corrected chi connectivity index (χ4v) is 2.33. The van der Waals surface area contributed by atoms with Crippen LogP contribution in [-0.2, 0) is 4.74 Å². The van der Waals surface area contributed by atoms with Crippen molar-refractivity contribution in [1.82, 2.24) is 10.2 Å². The monoisotopic (exact) mass is 231 g/mol. The predicted octanol–water partition coefficient (Wildman–Crippen LogP) is 2.40. The number of fused-ring (bicyclic) bond motifs is 1. The third-order valence-electron chi connectivity index (χ3n) is 3.41. The summed E-state index contributed by atoms with van der Waals surface area (Å²) in [6.45, 7) is 2.83. The highest BCUT2D eigenvalue weighted by Gasteiger charge is 2.13. The molecule has 0 amide bonds. The molecule has 1 aliphatic heterocycles. The van der Waals surface area contributed by atoms with Gasteiger partial charge in [-0.3, -0.25) is 5.10 Å². The molecule has 1 aliphatic rings. The number of rotatable bonds is 3. The van der Waals surface area contributed by atoms with Crippen LogP contribution >= 0.6 is 0 Å². The van der Waals surface area contributed by atoms with Crippen LogP contribution in [0.2, 0.25) is 0 Å². The van der Waals surface area contributed by atoms with Gasteiger partial charge in [0.05, 0.1) is 11.7 Å². The molecule has 0 unspecified atom stereocenters. The smallest absolute Gasteiger partial charge is 0.0671 e. The van der Waals surface area contributed by atoms with Crippen molar-refractivity contribution in [3.63, 3.8) is 0 Å². The highest BCUT2D eigenvalue weighted by molar-refractivity contribution is 5.90. The topological polar surface area (TPSA) is 49.9 Å².